The molecule has 0 saturated carbocycles. The quantitative estimate of drug-likeness (QED) is 0.444. The molecule has 0 aliphatic carbocycles. The molecule has 0 atom stereocenters. The van der Waals surface area contributed by atoms with Crippen LogP contribution in [-0.2, 0) is 0 Å². The van der Waals surface area contributed by atoms with Crippen LogP contribution in [0.3, 0.4) is 0 Å². The van der Waals surface area contributed by atoms with E-state index in [2.05, 4.69) is 10.5 Å². The monoisotopic (exact) mass is 306 g/mol. The lowest BCUT2D eigenvalue weighted by Gasteiger charge is -2.08. The summed E-state index contributed by atoms with van der Waals surface area (Å²) >= 11 is 0. The van der Waals surface area contributed by atoms with Crippen molar-refractivity contribution in [3.63, 3.8) is 0 Å². The summed E-state index contributed by atoms with van der Waals surface area (Å²) in [4.78, 5) is 11.9. The second kappa shape index (κ2) is 6.06. The molecule has 0 saturated heterocycles. The fourth-order valence-corrected chi connectivity index (χ4v) is 2.45. The fourth-order valence-electron chi connectivity index (χ4n) is 2.45. The maximum Gasteiger partial charge on any atom is 0.285 e. The van der Waals surface area contributed by atoms with Crippen LogP contribution in [0.4, 0.5) is 0 Å². The predicted molar refractivity (Wildman–Crippen MR) is 90.1 cm³/mol. The first-order valence-electron chi connectivity index (χ1n) is 7.33. The summed E-state index contributed by atoms with van der Waals surface area (Å²) in [6.07, 6.45) is 0. The van der Waals surface area contributed by atoms with Crippen LogP contribution in [0.25, 0.3) is 16.9 Å². The third-order valence-corrected chi connectivity index (χ3v) is 3.67. The Bertz CT molecular complexity index is 850. The molecule has 3 rings (SSSR count). The Kier molecular flexibility index (Phi) is 3.95. The van der Waals surface area contributed by atoms with Gasteiger partial charge in [-0.2, -0.15) is 5.10 Å². The molecule has 0 radical (unpaired) electrons. The summed E-state index contributed by atoms with van der Waals surface area (Å²) in [5, 5.41) is 4.42. The number of carbonyl (C=O) groups excluding carboxylic acids is 1. The number of hydrazine groups is 1. The maximum absolute atomic E-state index is 11.9. The van der Waals surface area contributed by atoms with Gasteiger partial charge in [-0.15, -0.1) is 0 Å². The molecule has 0 unspecified atom stereocenters. The van der Waals surface area contributed by atoms with E-state index < -0.39 is 5.91 Å². The molecule has 1 heterocycles. The molecule has 2 aromatic carbocycles. The smallest absolute Gasteiger partial charge is 0.285 e. The van der Waals surface area contributed by atoms with Gasteiger partial charge in [0.2, 0.25) is 0 Å². The number of nitrogens with one attached hydrogen (secondary N) is 1. The number of hydrogen-bond acceptors (Lipinski definition) is 3. The molecule has 1 aromatic heterocycles. The molecular weight excluding hydrogens is 288 g/mol. The minimum atomic E-state index is -0.412. The van der Waals surface area contributed by atoms with Gasteiger partial charge in [-0.1, -0.05) is 42.0 Å². The minimum Gasteiger partial charge on any atom is -0.289 e. The zero-order chi connectivity index (χ0) is 16.4. The topological polar surface area (TPSA) is 72.9 Å². The summed E-state index contributed by atoms with van der Waals surface area (Å²) < 4.78 is 1.77. The van der Waals surface area contributed by atoms with Crippen LogP contribution < -0.4 is 11.3 Å². The number of amides is 1. The van der Waals surface area contributed by atoms with Crippen molar-refractivity contribution in [2.75, 3.05) is 0 Å². The highest BCUT2D eigenvalue weighted by atomic mass is 16.2. The van der Waals surface area contributed by atoms with Gasteiger partial charge in [0, 0.05) is 5.56 Å². The first kappa shape index (κ1) is 15.0. The van der Waals surface area contributed by atoms with Crippen LogP contribution in [0.5, 0.6) is 0 Å². The molecule has 0 aliphatic heterocycles. The number of aryl methyl sites for hydroxylation is 2. The van der Waals surface area contributed by atoms with E-state index in [-0.39, 0.29) is 5.69 Å². The average molecular weight is 306 g/mol. The Morgan fingerprint density at radius 1 is 1.04 bits per heavy atom. The fraction of sp³-hybridized carbons (Fsp3) is 0.111. The first-order valence-corrected chi connectivity index (χ1v) is 7.33. The maximum atomic E-state index is 11.9. The van der Waals surface area contributed by atoms with Crippen molar-refractivity contribution >= 4 is 5.91 Å². The van der Waals surface area contributed by atoms with Crippen molar-refractivity contribution in [3.05, 3.63) is 71.4 Å². The highest BCUT2D eigenvalue weighted by Crippen LogP contribution is 2.25. The Morgan fingerprint density at radius 3 is 2.43 bits per heavy atom. The summed E-state index contributed by atoms with van der Waals surface area (Å²) in [7, 11) is 0. The van der Waals surface area contributed by atoms with Gasteiger partial charge in [0.1, 0.15) is 0 Å². The van der Waals surface area contributed by atoms with E-state index in [9.17, 15) is 4.79 Å². The third-order valence-electron chi connectivity index (χ3n) is 3.67. The number of nitrogen functional groups attached to an aromatic ring is 1. The highest BCUT2D eigenvalue weighted by molar-refractivity contribution is 5.93. The van der Waals surface area contributed by atoms with E-state index in [0.29, 0.717) is 0 Å². The van der Waals surface area contributed by atoms with E-state index in [1.54, 1.807) is 10.7 Å². The normalized spacial score (nSPS) is 10.6. The SMILES string of the molecule is Cc1ccc(-c2cc(C(=O)NN)nn2-c2cccc(C)c2)cc1. The summed E-state index contributed by atoms with van der Waals surface area (Å²) in [5.41, 5.74) is 7.44. The Morgan fingerprint density at radius 2 is 1.78 bits per heavy atom. The second-order valence-corrected chi connectivity index (χ2v) is 5.51. The number of hydrogen-bond donors (Lipinski definition) is 2. The van der Waals surface area contributed by atoms with Gasteiger partial charge in [0.05, 0.1) is 11.4 Å². The largest absolute Gasteiger partial charge is 0.289 e. The molecule has 0 aliphatic rings. The van der Waals surface area contributed by atoms with E-state index in [0.717, 1.165) is 22.5 Å². The molecule has 5 heteroatoms. The molecule has 5 nitrogen and oxygen atoms in total. The second-order valence-electron chi connectivity index (χ2n) is 5.51. The van der Waals surface area contributed by atoms with Gasteiger partial charge in [-0.05, 0) is 37.6 Å². The standard InChI is InChI=1S/C18H18N4O/c1-12-6-8-14(9-7-12)17-11-16(18(23)20-19)21-22(17)15-5-3-4-13(2)10-15/h3-11H,19H2,1-2H3,(H,20,23). The molecule has 0 fully saturated rings. The Balaban J connectivity index is 2.18. The van der Waals surface area contributed by atoms with Gasteiger partial charge in [-0.3, -0.25) is 10.2 Å². The number of rotatable bonds is 3. The van der Waals surface area contributed by atoms with Crippen molar-refractivity contribution in [3.8, 4) is 16.9 Å². The molecule has 1 amide bonds. The van der Waals surface area contributed by atoms with Crippen molar-refractivity contribution in [1.29, 1.82) is 0 Å². The molecule has 3 N–H and O–H groups in total. The van der Waals surface area contributed by atoms with Crippen molar-refractivity contribution in [2.45, 2.75) is 13.8 Å². The van der Waals surface area contributed by atoms with E-state index >= 15 is 0 Å². The number of benzene rings is 2. The van der Waals surface area contributed by atoms with Crippen LogP contribution in [0.2, 0.25) is 0 Å². The summed E-state index contributed by atoms with van der Waals surface area (Å²) in [5.74, 6) is 4.82. The first-order chi connectivity index (χ1) is 11.1. The Labute approximate surface area is 134 Å². The Hall–Kier alpha value is -2.92. The molecule has 3 aromatic rings. The highest BCUT2D eigenvalue weighted by Gasteiger charge is 2.16. The van der Waals surface area contributed by atoms with E-state index in [4.69, 9.17) is 5.84 Å². The summed E-state index contributed by atoms with van der Waals surface area (Å²) in [6, 6.07) is 17.8. The van der Waals surface area contributed by atoms with Crippen LogP contribution in [0, 0.1) is 13.8 Å². The van der Waals surface area contributed by atoms with Gasteiger partial charge in [-0.25, -0.2) is 10.5 Å². The lowest BCUT2D eigenvalue weighted by Crippen LogP contribution is -2.30. The lowest BCUT2D eigenvalue weighted by atomic mass is 10.1. The molecular formula is C18H18N4O. The molecule has 23 heavy (non-hydrogen) atoms. The number of nitrogens with two attached hydrogens (primary N) is 1. The van der Waals surface area contributed by atoms with Crippen molar-refractivity contribution < 1.29 is 4.79 Å². The predicted octanol–water partition coefficient (Wildman–Crippen LogP) is 2.76. The molecule has 116 valence electrons. The number of carbonyl (C=O) groups is 1. The van der Waals surface area contributed by atoms with Crippen molar-refractivity contribution in [1.82, 2.24) is 15.2 Å². The lowest BCUT2D eigenvalue weighted by molar-refractivity contribution is 0.0948. The summed E-state index contributed by atoms with van der Waals surface area (Å²) in [6.45, 7) is 4.06. The number of aromatic nitrogens is 2. The van der Waals surface area contributed by atoms with Gasteiger partial charge < -0.3 is 0 Å². The van der Waals surface area contributed by atoms with Gasteiger partial charge in [0.15, 0.2) is 5.69 Å². The van der Waals surface area contributed by atoms with E-state index in [1.165, 1.54) is 5.56 Å². The van der Waals surface area contributed by atoms with Crippen molar-refractivity contribution in [2.24, 2.45) is 5.84 Å². The zero-order valence-electron chi connectivity index (χ0n) is 13.1. The number of nitrogens with zero attached hydrogens (tertiary/aromatic N) is 2. The van der Waals surface area contributed by atoms with Crippen LogP contribution in [0.1, 0.15) is 21.6 Å². The van der Waals surface area contributed by atoms with Gasteiger partial charge >= 0.3 is 0 Å². The minimum absolute atomic E-state index is 0.282. The van der Waals surface area contributed by atoms with Crippen LogP contribution in [0.15, 0.2) is 54.6 Å². The average Bonchev–Trinajstić information content (AvgIpc) is 3.00. The third kappa shape index (κ3) is 3.00. The molecule has 0 spiro atoms. The van der Waals surface area contributed by atoms with Crippen LogP contribution >= 0.6 is 0 Å². The molecule has 0 bridgehead atoms. The van der Waals surface area contributed by atoms with Gasteiger partial charge in [0.25, 0.3) is 5.91 Å². The van der Waals surface area contributed by atoms with Crippen LogP contribution in [-0.4, -0.2) is 15.7 Å². The van der Waals surface area contributed by atoms with E-state index in [1.807, 2.05) is 62.4 Å². The zero-order valence-corrected chi connectivity index (χ0v) is 13.1.